The molecular weight excluding hydrogens is 409 g/mol. The van der Waals surface area contributed by atoms with E-state index < -0.39 is 23.9 Å². The fraction of sp³-hybridized carbons (Fsp3) is 0.391. The summed E-state index contributed by atoms with van der Waals surface area (Å²) in [7, 11) is 1.58. The molecule has 166 valence electrons. The van der Waals surface area contributed by atoms with Crippen LogP contribution in [0.15, 0.2) is 47.5 Å². The quantitative estimate of drug-likeness (QED) is 0.587. The summed E-state index contributed by atoms with van der Waals surface area (Å²) in [5.41, 5.74) is 0.249. The van der Waals surface area contributed by atoms with E-state index in [4.69, 9.17) is 9.47 Å². The van der Waals surface area contributed by atoms with Crippen molar-refractivity contribution in [3.8, 4) is 11.5 Å². The number of nitrogens with one attached hydrogen (secondary N) is 1. The third kappa shape index (κ3) is 5.99. The van der Waals surface area contributed by atoms with Crippen LogP contribution in [0.5, 0.6) is 11.5 Å². The summed E-state index contributed by atoms with van der Waals surface area (Å²) in [5.74, 6) is 0.382. The number of carbonyl (C=O) groups is 1. The second-order valence-corrected chi connectivity index (χ2v) is 7.24. The lowest BCUT2D eigenvalue weighted by molar-refractivity contribution is -0.138. The van der Waals surface area contributed by atoms with Crippen LogP contribution in [0.3, 0.4) is 0 Å². The number of alkyl halides is 3. The summed E-state index contributed by atoms with van der Waals surface area (Å²) < 4.78 is 51.3. The maximum Gasteiger partial charge on any atom is 0.416 e. The SMILES string of the molecule is CCCC(Oc1ccc(C2C=N2)c(C(F)(F)F)c1)C(=O)NCCc1ccccc1OC. The lowest BCUT2D eigenvalue weighted by Gasteiger charge is -2.20. The van der Waals surface area contributed by atoms with Crippen LogP contribution < -0.4 is 14.8 Å². The first kappa shape index (κ1) is 22.7. The van der Waals surface area contributed by atoms with Crippen molar-refractivity contribution in [3.63, 3.8) is 0 Å². The molecular formula is C23H25F3N2O3. The van der Waals surface area contributed by atoms with E-state index in [1.54, 1.807) is 7.11 Å². The molecule has 5 nitrogen and oxygen atoms in total. The third-order valence-electron chi connectivity index (χ3n) is 4.95. The fourth-order valence-corrected chi connectivity index (χ4v) is 3.33. The number of amides is 1. The van der Waals surface area contributed by atoms with E-state index in [1.165, 1.54) is 18.3 Å². The van der Waals surface area contributed by atoms with Gasteiger partial charge in [0.25, 0.3) is 5.91 Å². The van der Waals surface area contributed by atoms with Gasteiger partial charge in [0.05, 0.1) is 12.7 Å². The summed E-state index contributed by atoms with van der Waals surface area (Å²) in [6.07, 6.45) is -2.37. The highest BCUT2D eigenvalue weighted by atomic mass is 19.4. The lowest BCUT2D eigenvalue weighted by atomic mass is 10.0. The van der Waals surface area contributed by atoms with Crippen LogP contribution in [0.1, 0.15) is 42.5 Å². The topological polar surface area (TPSA) is 59.9 Å². The van der Waals surface area contributed by atoms with E-state index in [9.17, 15) is 18.0 Å². The van der Waals surface area contributed by atoms with Crippen molar-refractivity contribution in [2.45, 2.75) is 44.5 Å². The molecule has 0 saturated carbocycles. The van der Waals surface area contributed by atoms with Gasteiger partial charge < -0.3 is 14.8 Å². The van der Waals surface area contributed by atoms with Crippen molar-refractivity contribution < 1.29 is 27.4 Å². The summed E-state index contributed by atoms with van der Waals surface area (Å²) in [4.78, 5) is 16.5. The molecule has 1 heterocycles. The van der Waals surface area contributed by atoms with Gasteiger partial charge in [-0.05, 0) is 42.2 Å². The average Bonchev–Trinajstić information content (AvgIpc) is 3.58. The van der Waals surface area contributed by atoms with Gasteiger partial charge in [-0.3, -0.25) is 9.79 Å². The van der Waals surface area contributed by atoms with Gasteiger partial charge >= 0.3 is 6.18 Å². The van der Waals surface area contributed by atoms with Crippen LogP contribution in [0.4, 0.5) is 13.2 Å². The number of benzene rings is 2. The number of carbonyl (C=O) groups excluding carboxylic acids is 1. The summed E-state index contributed by atoms with van der Waals surface area (Å²) in [6, 6.07) is 10.7. The van der Waals surface area contributed by atoms with Crippen LogP contribution in [-0.2, 0) is 17.4 Å². The molecule has 1 aliphatic heterocycles. The molecule has 2 atom stereocenters. The fourth-order valence-electron chi connectivity index (χ4n) is 3.33. The van der Waals surface area contributed by atoms with Gasteiger partial charge in [-0.15, -0.1) is 0 Å². The minimum atomic E-state index is -4.53. The molecule has 2 aromatic rings. The summed E-state index contributed by atoms with van der Waals surface area (Å²) in [5, 5.41) is 2.81. The van der Waals surface area contributed by atoms with Gasteiger partial charge in [-0.25, -0.2) is 0 Å². The van der Waals surface area contributed by atoms with E-state index in [0.717, 1.165) is 17.4 Å². The molecule has 0 radical (unpaired) electrons. The first-order valence-electron chi connectivity index (χ1n) is 10.1. The Hall–Kier alpha value is -3.03. The Morgan fingerprint density at radius 1 is 1.23 bits per heavy atom. The predicted octanol–water partition coefficient (Wildman–Crippen LogP) is 4.75. The van der Waals surface area contributed by atoms with Crippen LogP contribution >= 0.6 is 0 Å². The van der Waals surface area contributed by atoms with Crippen molar-refractivity contribution in [2.24, 2.45) is 4.99 Å². The number of ether oxygens (including phenoxy) is 2. The van der Waals surface area contributed by atoms with Gasteiger partial charge in [-0.1, -0.05) is 37.6 Å². The molecule has 1 N–H and O–H groups in total. The van der Waals surface area contributed by atoms with Crippen molar-refractivity contribution >= 4 is 12.1 Å². The molecule has 0 bridgehead atoms. The molecule has 3 rings (SSSR count). The van der Waals surface area contributed by atoms with Crippen molar-refractivity contribution in [1.29, 1.82) is 0 Å². The molecule has 2 unspecified atom stereocenters. The maximum atomic E-state index is 13.4. The van der Waals surface area contributed by atoms with E-state index in [1.807, 2.05) is 31.2 Å². The summed E-state index contributed by atoms with van der Waals surface area (Å²) >= 11 is 0. The van der Waals surface area contributed by atoms with Gasteiger partial charge in [-0.2, -0.15) is 13.2 Å². The Labute approximate surface area is 179 Å². The molecule has 8 heteroatoms. The lowest BCUT2D eigenvalue weighted by Crippen LogP contribution is -2.39. The second kappa shape index (κ2) is 9.85. The minimum Gasteiger partial charge on any atom is -0.496 e. The van der Waals surface area contributed by atoms with E-state index in [0.29, 0.717) is 25.8 Å². The maximum absolute atomic E-state index is 13.4. The normalized spacial score (nSPS) is 16.0. The number of methoxy groups -OCH3 is 1. The van der Waals surface area contributed by atoms with Crippen molar-refractivity contribution in [2.75, 3.05) is 13.7 Å². The first-order chi connectivity index (χ1) is 14.8. The minimum absolute atomic E-state index is 0.00931. The van der Waals surface area contributed by atoms with E-state index in [-0.39, 0.29) is 17.2 Å². The smallest absolute Gasteiger partial charge is 0.416 e. The first-order valence-corrected chi connectivity index (χ1v) is 10.1. The molecule has 0 saturated heterocycles. The molecule has 0 fully saturated rings. The molecule has 0 aliphatic carbocycles. The van der Waals surface area contributed by atoms with Crippen molar-refractivity contribution in [3.05, 3.63) is 59.2 Å². The van der Waals surface area contributed by atoms with Gasteiger partial charge in [0.2, 0.25) is 0 Å². The highest BCUT2D eigenvalue weighted by Gasteiger charge is 2.37. The zero-order chi connectivity index (χ0) is 22.4. The van der Waals surface area contributed by atoms with Crippen molar-refractivity contribution in [1.82, 2.24) is 5.32 Å². The van der Waals surface area contributed by atoms with Gasteiger partial charge in [0.15, 0.2) is 6.10 Å². The zero-order valence-corrected chi connectivity index (χ0v) is 17.4. The standard InChI is InChI=1S/C23H25F3N2O3/c1-3-6-21(22(29)27-12-11-15-7-4-5-8-20(15)30-2)31-16-9-10-17(19-14-28-19)18(13-16)23(24,25)26/h4-5,7-10,13-14,19,21H,3,6,11-12H2,1-2H3,(H,27,29). The average molecular weight is 434 g/mol. The second-order valence-electron chi connectivity index (χ2n) is 7.24. The number of para-hydroxylation sites is 1. The van der Waals surface area contributed by atoms with E-state index in [2.05, 4.69) is 10.3 Å². The third-order valence-corrected chi connectivity index (χ3v) is 4.95. The Morgan fingerprint density at radius 3 is 2.61 bits per heavy atom. The predicted molar refractivity (Wildman–Crippen MR) is 112 cm³/mol. The Bertz CT molecular complexity index is 938. The molecule has 0 aromatic heterocycles. The monoisotopic (exact) mass is 434 g/mol. The van der Waals surface area contributed by atoms with Gasteiger partial charge in [0.1, 0.15) is 17.5 Å². The van der Waals surface area contributed by atoms with Crippen LogP contribution in [0.2, 0.25) is 0 Å². The number of aliphatic imine (C=N–C) groups is 1. The van der Waals surface area contributed by atoms with E-state index >= 15 is 0 Å². The largest absolute Gasteiger partial charge is 0.496 e. The molecule has 0 spiro atoms. The highest BCUT2D eigenvalue weighted by Crippen LogP contribution is 2.40. The van der Waals surface area contributed by atoms with Crippen LogP contribution in [0, 0.1) is 0 Å². The highest BCUT2D eigenvalue weighted by molar-refractivity contribution is 5.81. The Balaban J connectivity index is 1.65. The van der Waals surface area contributed by atoms with Gasteiger partial charge in [0, 0.05) is 12.8 Å². The molecule has 1 aliphatic rings. The Morgan fingerprint density at radius 2 is 1.97 bits per heavy atom. The number of rotatable bonds is 10. The van der Waals surface area contributed by atoms with Crippen LogP contribution in [-0.4, -0.2) is 31.9 Å². The number of nitrogens with zero attached hydrogens (tertiary/aromatic N) is 1. The molecule has 2 aromatic carbocycles. The van der Waals surface area contributed by atoms with Crippen LogP contribution in [0.25, 0.3) is 0 Å². The zero-order valence-electron chi connectivity index (χ0n) is 17.4. The number of halogens is 3. The number of hydrogen-bond donors (Lipinski definition) is 1. The summed E-state index contributed by atoms with van der Waals surface area (Å²) in [6.45, 7) is 2.24. The number of hydrogen-bond acceptors (Lipinski definition) is 4. The molecule has 1 amide bonds. The Kier molecular flexibility index (Phi) is 7.20. The molecule has 31 heavy (non-hydrogen) atoms.